The smallest absolute Gasteiger partial charge is 0.243 e. The predicted molar refractivity (Wildman–Crippen MR) is 115 cm³/mol. The van der Waals surface area contributed by atoms with E-state index in [1.54, 1.807) is 16.2 Å². The zero-order valence-electron chi connectivity index (χ0n) is 16.0. The highest BCUT2D eigenvalue weighted by Crippen LogP contribution is 2.38. The minimum atomic E-state index is -0.208. The van der Waals surface area contributed by atoms with E-state index in [2.05, 4.69) is 11.4 Å². The molecule has 0 fully saturated rings. The van der Waals surface area contributed by atoms with Crippen LogP contribution in [0.15, 0.2) is 35.7 Å². The van der Waals surface area contributed by atoms with Crippen LogP contribution in [0.3, 0.4) is 0 Å². The quantitative estimate of drug-likeness (QED) is 0.610. The molecule has 2 unspecified atom stereocenters. The molecule has 7 heteroatoms. The first-order chi connectivity index (χ1) is 13.5. The molecule has 4 nitrogen and oxygen atoms in total. The van der Waals surface area contributed by atoms with Crippen LogP contribution in [0, 0.1) is 0 Å². The maximum atomic E-state index is 13.3. The zero-order chi connectivity index (χ0) is 20.3. The Morgan fingerprint density at radius 3 is 2.64 bits per heavy atom. The standard InChI is InChI=1S/C21H24Cl2N2O2S/c1-3-14(2)25(19(26)12-22)13-20(27)24-10-8-18-17(9-11-28-18)21(24)15-4-6-16(23)7-5-15/h4-7,9,11,14,21H,3,8,10,12-13H2,1-2H3. The van der Waals surface area contributed by atoms with E-state index < -0.39 is 0 Å². The zero-order valence-corrected chi connectivity index (χ0v) is 18.4. The van der Waals surface area contributed by atoms with Crippen molar-refractivity contribution in [3.63, 3.8) is 0 Å². The number of nitrogens with zero attached hydrogens (tertiary/aromatic N) is 2. The third-order valence-electron chi connectivity index (χ3n) is 5.34. The van der Waals surface area contributed by atoms with Crippen molar-refractivity contribution in [2.75, 3.05) is 19.0 Å². The molecule has 0 spiro atoms. The third kappa shape index (κ3) is 4.37. The molecule has 1 aromatic heterocycles. The summed E-state index contributed by atoms with van der Waals surface area (Å²) in [5.74, 6) is -0.386. The van der Waals surface area contributed by atoms with E-state index in [0.29, 0.717) is 11.6 Å². The molecule has 150 valence electrons. The van der Waals surface area contributed by atoms with Crippen LogP contribution < -0.4 is 0 Å². The normalized spacial score (nSPS) is 17.1. The monoisotopic (exact) mass is 438 g/mol. The van der Waals surface area contributed by atoms with E-state index in [-0.39, 0.29) is 36.3 Å². The molecule has 0 saturated heterocycles. The lowest BCUT2D eigenvalue weighted by atomic mass is 9.93. The van der Waals surface area contributed by atoms with Crippen molar-refractivity contribution in [3.8, 4) is 0 Å². The largest absolute Gasteiger partial charge is 0.330 e. The number of hydrogen-bond acceptors (Lipinski definition) is 3. The number of thiophene rings is 1. The van der Waals surface area contributed by atoms with Crippen LogP contribution in [0.4, 0.5) is 0 Å². The molecule has 28 heavy (non-hydrogen) atoms. The number of fused-ring (bicyclic) bond motifs is 1. The fourth-order valence-electron chi connectivity index (χ4n) is 3.61. The number of benzene rings is 1. The molecular formula is C21H24Cl2N2O2S. The number of amides is 2. The second kappa shape index (κ2) is 9.29. The number of alkyl halides is 1. The van der Waals surface area contributed by atoms with Crippen LogP contribution >= 0.6 is 34.5 Å². The van der Waals surface area contributed by atoms with E-state index in [9.17, 15) is 9.59 Å². The van der Waals surface area contributed by atoms with E-state index in [1.165, 1.54) is 4.88 Å². The highest BCUT2D eigenvalue weighted by Gasteiger charge is 2.34. The molecule has 0 N–H and O–H groups in total. The van der Waals surface area contributed by atoms with E-state index in [4.69, 9.17) is 23.2 Å². The Hall–Kier alpha value is -1.56. The summed E-state index contributed by atoms with van der Waals surface area (Å²) in [4.78, 5) is 30.4. The lowest BCUT2D eigenvalue weighted by Gasteiger charge is -2.38. The molecule has 0 saturated carbocycles. The van der Waals surface area contributed by atoms with Crippen LogP contribution in [0.25, 0.3) is 0 Å². The van der Waals surface area contributed by atoms with Gasteiger partial charge in [0.25, 0.3) is 0 Å². The van der Waals surface area contributed by atoms with Gasteiger partial charge in [-0.15, -0.1) is 22.9 Å². The number of halogens is 2. The number of rotatable bonds is 6. The number of carbonyl (C=O) groups excluding carboxylic acids is 2. The maximum Gasteiger partial charge on any atom is 0.243 e. The van der Waals surface area contributed by atoms with Gasteiger partial charge in [-0.25, -0.2) is 0 Å². The molecule has 2 atom stereocenters. The fourth-order valence-corrected chi connectivity index (χ4v) is 4.80. The summed E-state index contributed by atoms with van der Waals surface area (Å²) < 4.78 is 0. The Morgan fingerprint density at radius 1 is 1.29 bits per heavy atom. The van der Waals surface area contributed by atoms with E-state index in [1.807, 2.05) is 43.0 Å². The fraction of sp³-hybridized carbons (Fsp3) is 0.429. The van der Waals surface area contributed by atoms with Crippen LogP contribution in [0.5, 0.6) is 0 Å². The molecule has 0 radical (unpaired) electrons. The number of carbonyl (C=O) groups is 2. The van der Waals surface area contributed by atoms with Crippen LogP contribution in [0.2, 0.25) is 5.02 Å². The summed E-state index contributed by atoms with van der Waals surface area (Å²) in [7, 11) is 0. The molecule has 1 aliphatic rings. The van der Waals surface area contributed by atoms with Crippen molar-refractivity contribution >= 4 is 46.4 Å². The van der Waals surface area contributed by atoms with Gasteiger partial charge in [0.15, 0.2) is 0 Å². The van der Waals surface area contributed by atoms with Gasteiger partial charge in [0, 0.05) is 22.5 Å². The first-order valence-corrected chi connectivity index (χ1v) is 11.2. The van der Waals surface area contributed by atoms with E-state index in [0.717, 1.165) is 24.0 Å². The predicted octanol–water partition coefficient (Wildman–Crippen LogP) is 4.74. The molecular weight excluding hydrogens is 415 g/mol. The van der Waals surface area contributed by atoms with Crippen LogP contribution in [0.1, 0.15) is 42.3 Å². The van der Waals surface area contributed by atoms with Crippen molar-refractivity contribution in [2.45, 2.75) is 38.8 Å². The molecule has 1 aliphatic heterocycles. The second-order valence-electron chi connectivity index (χ2n) is 7.00. The molecule has 2 heterocycles. The van der Waals surface area contributed by atoms with Crippen LogP contribution in [-0.2, 0) is 16.0 Å². The lowest BCUT2D eigenvalue weighted by molar-refractivity contribution is -0.142. The molecule has 3 rings (SSSR count). The first kappa shape index (κ1) is 21.2. The summed E-state index contributed by atoms with van der Waals surface area (Å²) in [6.45, 7) is 4.62. The number of hydrogen-bond donors (Lipinski definition) is 0. The Balaban J connectivity index is 1.91. The van der Waals surface area contributed by atoms with Gasteiger partial charge in [-0.1, -0.05) is 30.7 Å². The molecule has 1 aromatic carbocycles. The van der Waals surface area contributed by atoms with Crippen molar-refractivity contribution < 1.29 is 9.59 Å². The van der Waals surface area contributed by atoms with Gasteiger partial charge in [0.2, 0.25) is 11.8 Å². The van der Waals surface area contributed by atoms with Gasteiger partial charge >= 0.3 is 0 Å². The Morgan fingerprint density at radius 2 is 2.00 bits per heavy atom. The van der Waals surface area contributed by atoms with Crippen molar-refractivity contribution in [2.24, 2.45) is 0 Å². The summed E-state index contributed by atoms with van der Waals surface area (Å²) in [6.07, 6.45) is 1.60. The second-order valence-corrected chi connectivity index (χ2v) is 8.71. The van der Waals surface area contributed by atoms with Crippen molar-refractivity contribution in [1.29, 1.82) is 0 Å². The Bertz CT molecular complexity index is 837. The summed E-state index contributed by atoms with van der Waals surface area (Å²) in [5, 5.41) is 2.74. The molecule has 2 aromatic rings. The summed E-state index contributed by atoms with van der Waals surface area (Å²) >= 11 is 13.6. The van der Waals surface area contributed by atoms with E-state index >= 15 is 0 Å². The summed E-state index contributed by atoms with van der Waals surface area (Å²) in [6, 6.07) is 9.53. The molecule has 0 bridgehead atoms. The van der Waals surface area contributed by atoms with Gasteiger partial charge in [0.05, 0.1) is 6.04 Å². The SMILES string of the molecule is CCC(C)N(CC(=O)N1CCc2sccc2C1c1ccc(Cl)cc1)C(=O)CCl. The third-order valence-corrected chi connectivity index (χ3v) is 6.81. The van der Waals surface area contributed by atoms with Gasteiger partial charge in [-0.2, -0.15) is 0 Å². The Labute approximate surface area is 180 Å². The van der Waals surface area contributed by atoms with Crippen molar-refractivity contribution in [1.82, 2.24) is 9.80 Å². The highest BCUT2D eigenvalue weighted by atomic mass is 35.5. The van der Waals surface area contributed by atoms with Crippen LogP contribution in [-0.4, -0.2) is 46.6 Å². The first-order valence-electron chi connectivity index (χ1n) is 9.42. The molecule has 0 aliphatic carbocycles. The topological polar surface area (TPSA) is 40.6 Å². The van der Waals surface area contributed by atoms with Gasteiger partial charge in [-0.05, 0) is 54.5 Å². The summed E-state index contributed by atoms with van der Waals surface area (Å²) in [5.41, 5.74) is 2.18. The van der Waals surface area contributed by atoms with Gasteiger partial charge in [0.1, 0.15) is 12.4 Å². The average molecular weight is 439 g/mol. The minimum absolute atomic E-state index is 0.0364. The van der Waals surface area contributed by atoms with Crippen molar-refractivity contribution in [3.05, 3.63) is 56.7 Å². The minimum Gasteiger partial charge on any atom is -0.330 e. The molecule has 2 amide bonds. The Kier molecular flexibility index (Phi) is 7.02. The van der Waals surface area contributed by atoms with Gasteiger partial charge in [-0.3, -0.25) is 9.59 Å². The lowest BCUT2D eigenvalue weighted by Crippen LogP contribution is -2.49. The highest BCUT2D eigenvalue weighted by molar-refractivity contribution is 7.10. The maximum absolute atomic E-state index is 13.3. The average Bonchev–Trinajstić information content (AvgIpc) is 3.19. The van der Waals surface area contributed by atoms with Gasteiger partial charge < -0.3 is 9.80 Å².